The Hall–Kier alpha value is -1.21. The van der Waals surface area contributed by atoms with Crippen molar-refractivity contribution >= 4 is 5.97 Å². The maximum absolute atomic E-state index is 10.7. The first-order chi connectivity index (χ1) is 9.40. The van der Waals surface area contributed by atoms with E-state index >= 15 is 0 Å². The molecule has 5 N–H and O–H groups in total. The number of aliphatic hydroxyl groups is 4. The van der Waals surface area contributed by atoms with Crippen LogP contribution in [0.1, 0.15) is 12.8 Å². The van der Waals surface area contributed by atoms with Crippen molar-refractivity contribution in [3.05, 3.63) is 0 Å². The highest BCUT2D eigenvalue weighted by Gasteiger charge is 2.44. The van der Waals surface area contributed by atoms with E-state index in [1.54, 1.807) is 0 Å². The summed E-state index contributed by atoms with van der Waals surface area (Å²) in [6.45, 7) is -0.594. The fraction of sp³-hybridized carbons (Fsp3) is 0.750. The zero-order valence-corrected chi connectivity index (χ0v) is 10.6. The number of aliphatic hydroxyl groups excluding tert-OH is 4. The Balaban J connectivity index is 2.72. The number of aliphatic carboxylic acids is 1. The van der Waals surface area contributed by atoms with E-state index in [4.69, 9.17) is 26.1 Å². The van der Waals surface area contributed by atoms with E-state index in [1.807, 2.05) is 0 Å². The largest absolute Gasteiger partial charge is 0.481 e. The van der Waals surface area contributed by atoms with Crippen LogP contribution >= 0.6 is 0 Å². The molecule has 0 aromatic heterocycles. The summed E-state index contributed by atoms with van der Waals surface area (Å²) in [5.74, 6) is 1.09. The molecule has 8 heteroatoms. The summed E-state index contributed by atoms with van der Waals surface area (Å²) in [6.07, 6.45) is -3.42. The fourth-order valence-electron chi connectivity index (χ4n) is 1.86. The maximum Gasteiger partial charge on any atom is 0.306 e. The Bertz CT molecular complexity index is 363. The van der Waals surface area contributed by atoms with Gasteiger partial charge in [0.25, 0.3) is 0 Å². The third-order valence-corrected chi connectivity index (χ3v) is 2.92. The number of hydrogen-bond donors (Lipinski definition) is 5. The van der Waals surface area contributed by atoms with Crippen LogP contribution in [0.5, 0.6) is 0 Å². The molecule has 0 amide bonds. The van der Waals surface area contributed by atoms with Gasteiger partial charge in [0.1, 0.15) is 24.4 Å². The predicted molar refractivity (Wildman–Crippen MR) is 64.3 cm³/mol. The zero-order chi connectivity index (χ0) is 15.3. The second-order valence-electron chi connectivity index (χ2n) is 4.46. The lowest BCUT2D eigenvalue weighted by Crippen LogP contribution is -2.59. The molecule has 0 radical (unpaired) electrons. The first-order valence-electron chi connectivity index (χ1n) is 6.02. The van der Waals surface area contributed by atoms with Gasteiger partial charge in [0.15, 0.2) is 6.29 Å². The van der Waals surface area contributed by atoms with Gasteiger partial charge in [-0.3, -0.25) is 4.79 Å². The molecule has 1 saturated heterocycles. The molecular formula is C12H18O8. The number of carboxylic acid groups (broad SMARTS) is 1. The zero-order valence-electron chi connectivity index (χ0n) is 10.6. The predicted octanol–water partition coefficient (Wildman–Crippen LogP) is -2.33. The number of hydrogen-bond acceptors (Lipinski definition) is 7. The minimum atomic E-state index is -1.58. The molecule has 0 saturated carbocycles. The van der Waals surface area contributed by atoms with Crippen molar-refractivity contribution in [3.63, 3.8) is 0 Å². The van der Waals surface area contributed by atoms with Crippen LogP contribution in [0.15, 0.2) is 0 Å². The van der Waals surface area contributed by atoms with Crippen molar-refractivity contribution in [2.24, 2.45) is 0 Å². The van der Waals surface area contributed by atoms with Crippen LogP contribution in [-0.2, 0) is 14.3 Å². The summed E-state index contributed by atoms with van der Waals surface area (Å²) in [5, 5.41) is 46.6. The number of rotatable bonds is 6. The maximum atomic E-state index is 10.7. The summed E-state index contributed by atoms with van der Waals surface area (Å²) < 4.78 is 10.3. The third-order valence-electron chi connectivity index (χ3n) is 2.92. The fourth-order valence-corrected chi connectivity index (χ4v) is 1.86. The highest BCUT2D eigenvalue weighted by Crippen LogP contribution is 2.24. The first-order valence-corrected chi connectivity index (χ1v) is 6.02. The van der Waals surface area contributed by atoms with E-state index in [2.05, 4.69) is 5.92 Å². The van der Waals surface area contributed by atoms with Gasteiger partial charge >= 0.3 is 5.97 Å². The molecule has 1 aliphatic heterocycles. The Labute approximate surface area is 115 Å². The average Bonchev–Trinajstić information content (AvgIpc) is 2.39. The second-order valence-corrected chi connectivity index (χ2v) is 4.46. The normalized spacial score (nSPS) is 35.2. The molecule has 0 aromatic carbocycles. The van der Waals surface area contributed by atoms with Crippen molar-refractivity contribution in [3.8, 4) is 12.3 Å². The van der Waals surface area contributed by atoms with Crippen LogP contribution in [-0.4, -0.2) is 74.9 Å². The van der Waals surface area contributed by atoms with Crippen LogP contribution in [0.25, 0.3) is 0 Å². The average molecular weight is 290 g/mol. The van der Waals surface area contributed by atoms with Crippen LogP contribution < -0.4 is 0 Å². The molecule has 0 spiro atoms. The molecule has 0 aliphatic carbocycles. The SMILES string of the molecule is C#CCC(CC(=O)O)O[C@@H]1OC(CO)[C@H](O)[C@H](O)C1O. The van der Waals surface area contributed by atoms with E-state index in [-0.39, 0.29) is 6.42 Å². The van der Waals surface area contributed by atoms with Crippen LogP contribution in [0.4, 0.5) is 0 Å². The molecule has 1 heterocycles. The topological polar surface area (TPSA) is 137 Å². The summed E-state index contributed by atoms with van der Waals surface area (Å²) in [6, 6.07) is 0. The lowest BCUT2D eigenvalue weighted by Gasteiger charge is -2.40. The Morgan fingerprint density at radius 3 is 2.45 bits per heavy atom. The van der Waals surface area contributed by atoms with Gasteiger partial charge in [-0.25, -0.2) is 0 Å². The van der Waals surface area contributed by atoms with Crippen molar-refractivity contribution in [2.75, 3.05) is 6.61 Å². The van der Waals surface area contributed by atoms with Crippen molar-refractivity contribution in [1.82, 2.24) is 0 Å². The van der Waals surface area contributed by atoms with E-state index in [0.29, 0.717) is 0 Å². The highest BCUT2D eigenvalue weighted by molar-refractivity contribution is 5.67. The third kappa shape index (κ3) is 4.14. The van der Waals surface area contributed by atoms with Gasteiger partial charge in [-0.05, 0) is 0 Å². The van der Waals surface area contributed by atoms with Gasteiger partial charge in [-0.15, -0.1) is 12.3 Å². The minimum Gasteiger partial charge on any atom is -0.481 e. The second kappa shape index (κ2) is 7.54. The quantitative estimate of drug-likeness (QED) is 0.344. The van der Waals surface area contributed by atoms with E-state index < -0.39 is 55.8 Å². The summed E-state index contributed by atoms with van der Waals surface area (Å²) >= 11 is 0. The summed E-state index contributed by atoms with van der Waals surface area (Å²) in [5.41, 5.74) is 0. The lowest BCUT2D eigenvalue weighted by molar-refractivity contribution is -0.311. The van der Waals surface area contributed by atoms with Crippen molar-refractivity contribution in [1.29, 1.82) is 0 Å². The van der Waals surface area contributed by atoms with Gasteiger partial charge in [-0.2, -0.15) is 0 Å². The standard InChI is InChI=1S/C12H18O8/c1-2-3-6(4-8(14)15)19-12-11(18)10(17)9(16)7(5-13)20-12/h1,6-7,9-13,16-18H,3-5H2,(H,14,15)/t6?,7?,9-,10-,11?,12+/m0/s1. The van der Waals surface area contributed by atoms with E-state index in [9.17, 15) is 20.1 Å². The summed E-state index contributed by atoms with van der Waals surface area (Å²) in [7, 11) is 0. The molecule has 20 heavy (non-hydrogen) atoms. The highest BCUT2D eigenvalue weighted by atomic mass is 16.7. The van der Waals surface area contributed by atoms with Crippen LogP contribution in [0, 0.1) is 12.3 Å². The van der Waals surface area contributed by atoms with E-state index in [0.717, 1.165) is 0 Å². The molecule has 0 aromatic rings. The first kappa shape index (κ1) is 16.8. The minimum absolute atomic E-state index is 0.0265. The molecular weight excluding hydrogens is 272 g/mol. The molecule has 1 aliphatic rings. The summed E-state index contributed by atoms with van der Waals surface area (Å²) in [4.78, 5) is 10.7. The molecule has 8 nitrogen and oxygen atoms in total. The monoisotopic (exact) mass is 290 g/mol. The molecule has 0 bridgehead atoms. The number of ether oxygens (including phenoxy) is 2. The molecule has 3 unspecified atom stereocenters. The number of carboxylic acids is 1. The lowest BCUT2D eigenvalue weighted by atomic mass is 9.99. The Morgan fingerprint density at radius 1 is 1.30 bits per heavy atom. The molecule has 1 fully saturated rings. The van der Waals surface area contributed by atoms with Crippen molar-refractivity contribution in [2.45, 2.75) is 49.7 Å². The van der Waals surface area contributed by atoms with Crippen molar-refractivity contribution < 1.29 is 39.8 Å². The Morgan fingerprint density at radius 2 is 1.95 bits per heavy atom. The van der Waals surface area contributed by atoms with Crippen LogP contribution in [0.2, 0.25) is 0 Å². The molecule has 6 atom stereocenters. The van der Waals surface area contributed by atoms with Gasteiger partial charge in [0.2, 0.25) is 0 Å². The van der Waals surface area contributed by atoms with Crippen LogP contribution in [0.3, 0.4) is 0 Å². The molecule has 1 rings (SSSR count). The van der Waals surface area contributed by atoms with Gasteiger partial charge in [0.05, 0.1) is 19.1 Å². The Kier molecular flexibility index (Phi) is 6.35. The number of terminal acetylenes is 1. The number of carbonyl (C=O) groups is 1. The van der Waals surface area contributed by atoms with Gasteiger partial charge in [-0.1, -0.05) is 0 Å². The van der Waals surface area contributed by atoms with Gasteiger partial charge in [0, 0.05) is 6.42 Å². The smallest absolute Gasteiger partial charge is 0.306 e. The van der Waals surface area contributed by atoms with E-state index in [1.165, 1.54) is 0 Å². The molecule has 114 valence electrons. The van der Waals surface area contributed by atoms with Gasteiger partial charge < -0.3 is 35.0 Å².